The third-order valence-corrected chi connectivity index (χ3v) is 3.63. The van der Waals surface area contributed by atoms with Gasteiger partial charge in [-0.25, -0.2) is 9.97 Å². The molecule has 0 unspecified atom stereocenters. The van der Waals surface area contributed by atoms with Gasteiger partial charge < -0.3 is 5.73 Å². The van der Waals surface area contributed by atoms with Crippen molar-refractivity contribution in [3.8, 4) is 0 Å². The Labute approximate surface area is 106 Å². The number of nitrogens with two attached hydrogens (primary N) is 1. The highest BCUT2D eigenvalue weighted by Crippen LogP contribution is 2.30. The molecule has 4 heteroatoms. The van der Waals surface area contributed by atoms with E-state index in [1.165, 1.54) is 0 Å². The second-order valence-corrected chi connectivity index (χ2v) is 5.13. The molecule has 0 atom stereocenters. The second-order valence-electron chi connectivity index (χ2n) is 4.33. The Hall–Kier alpha value is -0.640. The Kier molecular flexibility index (Phi) is 4.71. The number of hydrogen-bond donors (Lipinski definition) is 1. The van der Waals surface area contributed by atoms with Crippen molar-refractivity contribution >= 4 is 21.7 Å². The summed E-state index contributed by atoms with van der Waals surface area (Å²) in [5, 5.41) is 0. The number of nitrogens with zero attached hydrogens (tertiary/aromatic N) is 2. The largest absolute Gasteiger partial charge is 0.383 e. The van der Waals surface area contributed by atoms with Crippen LogP contribution in [-0.2, 0) is 0 Å². The fourth-order valence-electron chi connectivity index (χ4n) is 1.72. The van der Waals surface area contributed by atoms with Crippen molar-refractivity contribution < 1.29 is 0 Å². The summed E-state index contributed by atoms with van der Waals surface area (Å²) in [6, 6.07) is 0. The maximum atomic E-state index is 5.91. The number of hydrogen-bond acceptors (Lipinski definition) is 3. The Morgan fingerprint density at radius 3 is 2.19 bits per heavy atom. The van der Waals surface area contributed by atoms with Gasteiger partial charge in [0, 0.05) is 5.92 Å². The molecule has 0 radical (unpaired) electrons. The van der Waals surface area contributed by atoms with Crippen LogP contribution in [0.2, 0.25) is 0 Å². The van der Waals surface area contributed by atoms with Crippen LogP contribution in [0.15, 0.2) is 4.47 Å². The highest BCUT2D eigenvalue weighted by atomic mass is 79.9. The van der Waals surface area contributed by atoms with E-state index in [2.05, 4.69) is 53.6 Å². The quantitative estimate of drug-likeness (QED) is 0.914. The Balaban J connectivity index is 3.23. The van der Waals surface area contributed by atoms with Crippen LogP contribution in [0.3, 0.4) is 0 Å². The number of aromatic nitrogens is 2. The maximum absolute atomic E-state index is 5.91. The summed E-state index contributed by atoms with van der Waals surface area (Å²) in [5.41, 5.74) is 6.92. The van der Waals surface area contributed by atoms with Crippen LogP contribution in [-0.4, -0.2) is 9.97 Å². The molecule has 0 saturated carbocycles. The van der Waals surface area contributed by atoms with E-state index < -0.39 is 0 Å². The van der Waals surface area contributed by atoms with E-state index in [0.717, 1.165) is 28.8 Å². The molecule has 1 heterocycles. The van der Waals surface area contributed by atoms with E-state index in [4.69, 9.17) is 5.73 Å². The van der Waals surface area contributed by atoms with Gasteiger partial charge in [0.2, 0.25) is 0 Å². The standard InChI is InChI=1S/C12H20BrN3/c1-5-8(6-2)12-15-10(7(3)4)9(13)11(14)16-12/h7-8H,5-6H2,1-4H3,(H2,14,15,16). The summed E-state index contributed by atoms with van der Waals surface area (Å²) in [7, 11) is 0. The lowest BCUT2D eigenvalue weighted by atomic mass is 10.0. The van der Waals surface area contributed by atoms with Crippen LogP contribution in [0, 0.1) is 0 Å². The summed E-state index contributed by atoms with van der Waals surface area (Å²) in [5.74, 6) is 2.20. The van der Waals surface area contributed by atoms with E-state index in [0.29, 0.717) is 17.7 Å². The molecule has 1 rings (SSSR count). The van der Waals surface area contributed by atoms with Crippen molar-refractivity contribution in [2.75, 3.05) is 5.73 Å². The molecule has 0 fully saturated rings. The first-order valence-corrected chi connectivity index (χ1v) is 6.63. The van der Waals surface area contributed by atoms with Crippen molar-refractivity contribution in [1.29, 1.82) is 0 Å². The van der Waals surface area contributed by atoms with Crippen LogP contribution < -0.4 is 5.73 Å². The molecule has 90 valence electrons. The monoisotopic (exact) mass is 285 g/mol. The fraction of sp³-hybridized carbons (Fsp3) is 0.667. The Morgan fingerprint density at radius 1 is 1.19 bits per heavy atom. The van der Waals surface area contributed by atoms with Crippen molar-refractivity contribution in [3.05, 3.63) is 16.0 Å². The fourth-order valence-corrected chi connectivity index (χ4v) is 2.36. The second kappa shape index (κ2) is 5.62. The lowest BCUT2D eigenvalue weighted by Crippen LogP contribution is -2.10. The summed E-state index contributed by atoms with van der Waals surface area (Å²) in [4.78, 5) is 9.01. The van der Waals surface area contributed by atoms with Crippen LogP contribution >= 0.6 is 15.9 Å². The number of halogens is 1. The maximum Gasteiger partial charge on any atom is 0.141 e. The zero-order valence-electron chi connectivity index (χ0n) is 10.4. The third kappa shape index (κ3) is 2.73. The topological polar surface area (TPSA) is 51.8 Å². The molecule has 16 heavy (non-hydrogen) atoms. The highest BCUT2D eigenvalue weighted by Gasteiger charge is 2.17. The molecule has 1 aromatic rings. The zero-order chi connectivity index (χ0) is 12.3. The minimum Gasteiger partial charge on any atom is -0.383 e. The van der Waals surface area contributed by atoms with Crippen molar-refractivity contribution in [1.82, 2.24) is 9.97 Å². The molecule has 3 nitrogen and oxygen atoms in total. The average Bonchev–Trinajstić information content (AvgIpc) is 2.24. The molecule has 0 aromatic carbocycles. The van der Waals surface area contributed by atoms with Crippen LogP contribution in [0.25, 0.3) is 0 Å². The summed E-state index contributed by atoms with van der Waals surface area (Å²) < 4.78 is 0.845. The highest BCUT2D eigenvalue weighted by molar-refractivity contribution is 9.10. The minimum absolute atomic E-state index is 0.354. The molecule has 1 aromatic heterocycles. The SMILES string of the molecule is CCC(CC)c1nc(N)c(Br)c(C(C)C)n1. The lowest BCUT2D eigenvalue weighted by Gasteiger charge is -2.16. The minimum atomic E-state index is 0.354. The molecular formula is C12H20BrN3. The summed E-state index contributed by atoms with van der Waals surface area (Å²) in [6.07, 6.45) is 2.10. The van der Waals surface area contributed by atoms with E-state index in [-0.39, 0.29) is 0 Å². The van der Waals surface area contributed by atoms with E-state index in [1.54, 1.807) is 0 Å². The van der Waals surface area contributed by atoms with Crippen molar-refractivity contribution in [2.45, 2.75) is 52.4 Å². The Morgan fingerprint density at radius 2 is 1.75 bits per heavy atom. The molecule has 0 saturated heterocycles. The molecular weight excluding hydrogens is 266 g/mol. The molecule has 0 aliphatic carbocycles. The molecule has 0 bridgehead atoms. The molecule has 2 N–H and O–H groups in total. The Bertz CT molecular complexity index is 360. The smallest absolute Gasteiger partial charge is 0.141 e. The first kappa shape index (κ1) is 13.4. The van der Waals surface area contributed by atoms with E-state index >= 15 is 0 Å². The van der Waals surface area contributed by atoms with Gasteiger partial charge in [0.05, 0.1) is 10.2 Å². The van der Waals surface area contributed by atoms with Gasteiger partial charge in [0.1, 0.15) is 11.6 Å². The zero-order valence-corrected chi connectivity index (χ0v) is 12.0. The van der Waals surface area contributed by atoms with Gasteiger partial charge >= 0.3 is 0 Å². The average molecular weight is 286 g/mol. The van der Waals surface area contributed by atoms with Gasteiger partial charge in [0.15, 0.2) is 0 Å². The van der Waals surface area contributed by atoms with Crippen LogP contribution in [0.4, 0.5) is 5.82 Å². The lowest BCUT2D eigenvalue weighted by molar-refractivity contribution is 0.594. The normalized spacial score (nSPS) is 11.4. The number of rotatable bonds is 4. The summed E-state index contributed by atoms with van der Waals surface area (Å²) in [6.45, 7) is 8.54. The molecule has 0 aliphatic heterocycles. The van der Waals surface area contributed by atoms with E-state index in [1.807, 2.05) is 0 Å². The van der Waals surface area contributed by atoms with Crippen LogP contribution in [0.5, 0.6) is 0 Å². The van der Waals surface area contributed by atoms with Gasteiger partial charge in [-0.3, -0.25) is 0 Å². The van der Waals surface area contributed by atoms with Gasteiger partial charge in [0.25, 0.3) is 0 Å². The summed E-state index contributed by atoms with van der Waals surface area (Å²) >= 11 is 3.46. The van der Waals surface area contributed by atoms with Crippen molar-refractivity contribution in [3.63, 3.8) is 0 Å². The van der Waals surface area contributed by atoms with E-state index in [9.17, 15) is 0 Å². The number of anilines is 1. The predicted molar refractivity (Wildman–Crippen MR) is 71.6 cm³/mol. The molecule has 0 aliphatic rings. The predicted octanol–water partition coefficient (Wildman–Crippen LogP) is 3.85. The third-order valence-electron chi connectivity index (χ3n) is 2.82. The van der Waals surface area contributed by atoms with Gasteiger partial charge in [-0.15, -0.1) is 0 Å². The van der Waals surface area contributed by atoms with Gasteiger partial charge in [-0.05, 0) is 34.7 Å². The first-order chi connectivity index (χ1) is 7.51. The first-order valence-electron chi connectivity index (χ1n) is 5.83. The number of nitrogen functional groups attached to an aromatic ring is 1. The molecule has 0 amide bonds. The van der Waals surface area contributed by atoms with Gasteiger partial charge in [-0.1, -0.05) is 27.7 Å². The molecule has 0 spiro atoms. The van der Waals surface area contributed by atoms with Gasteiger partial charge in [-0.2, -0.15) is 0 Å². The van der Waals surface area contributed by atoms with Crippen molar-refractivity contribution in [2.24, 2.45) is 0 Å². The van der Waals surface area contributed by atoms with Crippen LogP contribution in [0.1, 0.15) is 63.9 Å².